The molecular weight excluding hydrogens is 124 g/mol. The summed E-state index contributed by atoms with van der Waals surface area (Å²) in [7, 11) is 0. The van der Waals surface area contributed by atoms with Crippen molar-refractivity contribution >= 4 is 17.8 Å². The molecule has 0 spiro atoms. The van der Waals surface area contributed by atoms with Crippen molar-refractivity contribution in [3.63, 3.8) is 0 Å². The zero-order valence-electron chi connectivity index (χ0n) is 4.97. The highest BCUT2D eigenvalue weighted by Crippen LogP contribution is 1.86. The molecule has 2 N–H and O–H groups in total. The molecule has 48 valence electrons. The van der Waals surface area contributed by atoms with Crippen LogP contribution in [0.2, 0.25) is 0 Å². The van der Waals surface area contributed by atoms with E-state index >= 15 is 0 Å². The van der Waals surface area contributed by atoms with Crippen molar-refractivity contribution in [3.05, 3.63) is 0 Å². The number of halogens is 1. The van der Waals surface area contributed by atoms with Gasteiger partial charge in [-0.2, -0.15) is 0 Å². The molecule has 1 atom stereocenters. The van der Waals surface area contributed by atoms with Crippen LogP contribution in [-0.4, -0.2) is 24.7 Å². The van der Waals surface area contributed by atoms with Crippen molar-refractivity contribution in [3.8, 4) is 0 Å². The van der Waals surface area contributed by atoms with E-state index in [9.17, 15) is 0 Å². The lowest BCUT2D eigenvalue weighted by Crippen LogP contribution is -2.03. The summed E-state index contributed by atoms with van der Waals surface area (Å²) in [6.45, 7) is 3.14. The van der Waals surface area contributed by atoms with Gasteiger partial charge in [-0.1, -0.05) is 0 Å². The molecule has 0 aliphatic rings. The standard InChI is InChI=1S/C5H11ClN2/c1-5(6)4-8-3-2-7/h4-5H,2-3,7H2,1H3. The normalized spacial score (nSPS) is 14.9. The summed E-state index contributed by atoms with van der Waals surface area (Å²) in [4.78, 5) is 3.91. The molecule has 0 fully saturated rings. The number of nitrogens with zero attached hydrogens (tertiary/aromatic N) is 1. The van der Waals surface area contributed by atoms with E-state index in [2.05, 4.69) is 4.99 Å². The number of aliphatic imine (C=N–C) groups is 1. The van der Waals surface area contributed by atoms with Gasteiger partial charge in [0.15, 0.2) is 0 Å². The van der Waals surface area contributed by atoms with Crippen LogP contribution in [0.15, 0.2) is 4.99 Å². The molecule has 0 saturated carbocycles. The number of rotatable bonds is 3. The second-order valence-electron chi connectivity index (χ2n) is 1.52. The van der Waals surface area contributed by atoms with Crippen LogP contribution in [0.5, 0.6) is 0 Å². The van der Waals surface area contributed by atoms with Crippen LogP contribution in [0.3, 0.4) is 0 Å². The fraction of sp³-hybridized carbons (Fsp3) is 0.800. The maximum atomic E-state index is 5.52. The zero-order valence-corrected chi connectivity index (χ0v) is 5.73. The van der Waals surface area contributed by atoms with Gasteiger partial charge in [-0.25, -0.2) is 0 Å². The van der Waals surface area contributed by atoms with Gasteiger partial charge in [0.2, 0.25) is 0 Å². The molecule has 0 heterocycles. The van der Waals surface area contributed by atoms with Crippen LogP contribution in [0, 0.1) is 0 Å². The first kappa shape index (κ1) is 7.92. The highest BCUT2D eigenvalue weighted by atomic mass is 35.5. The largest absolute Gasteiger partial charge is 0.329 e. The molecule has 0 rings (SSSR count). The van der Waals surface area contributed by atoms with E-state index in [1.807, 2.05) is 6.92 Å². The Kier molecular flexibility index (Phi) is 5.01. The summed E-state index contributed by atoms with van der Waals surface area (Å²) < 4.78 is 0. The van der Waals surface area contributed by atoms with E-state index < -0.39 is 0 Å². The van der Waals surface area contributed by atoms with Crippen LogP contribution < -0.4 is 5.73 Å². The van der Waals surface area contributed by atoms with Crippen molar-refractivity contribution < 1.29 is 0 Å². The Morgan fingerprint density at radius 1 is 1.88 bits per heavy atom. The molecule has 0 aliphatic carbocycles. The first-order chi connectivity index (χ1) is 3.77. The molecule has 2 nitrogen and oxygen atoms in total. The molecule has 0 saturated heterocycles. The van der Waals surface area contributed by atoms with Gasteiger partial charge in [0.1, 0.15) is 0 Å². The molecule has 0 bridgehead atoms. The lowest BCUT2D eigenvalue weighted by Gasteiger charge is -1.88. The molecular formula is C5H11ClN2. The van der Waals surface area contributed by atoms with E-state index in [-0.39, 0.29) is 5.38 Å². The molecule has 1 unspecified atom stereocenters. The fourth-order valence-electron chi connectivity index (χ4n) is 0.294. The zero-order chi connectivity index (χ0) is 6.41. The van der Waals surface area contributed by atoms with E-state index in [0.717, 1.165) is 0 Å². The molecule has 0 aliphatic heterocycles. The maximum Gasteiger partial charge on any atom is 0.0655 e. The van der Waals surface area contributed by atoms with Gasteiger partial charge in [0.05, 0.1) is 11.9 Å². The van der Waals surface area contributed by atoms with Crippen molar-refractivity contribution in [1.29, 1.82) is 0 Å². The third-order valence-corrected chi connectivity index (χ3v) is 0.682. The minimum absolute atomic E-state index is 0.0292. The Morgan fingerprint density at radius 2 is 2.50 bits per heavy atom. The predicted molar refractivity (Wildman–Crippen MR) is 37.7 cm³/mol. The average Bonchev–Trinajstić information content (AvgIpc) is 1.66. The topological polar surface area (TPSA) is 38.4 Å². The second-order valence-corrected chi connectivity index (χ2v) is 2.21. The Hall–Kier alpha value is -0.0800. The molecule has 0 amide bonds. The first-order valence-electron chi connectivity index (χ1n) is 2.61. The third kappa shape index (κ3) is 5.92. The number of hydrogen-bond donors (Lipinski definition) is 1. The minimum Gasteiger partial charge on any atom is -0.329 e. The molecule has 0 radical (unpaired) electrons. The van der Waals surface area contributed by atoms with Crippen molar-refractivity contribution in [2.24, 2.45) is 10.7 Å². The quantitative estimate of drug-likeness (QED) is 0.447. The van der Waals surface area contributed by atoms with Gasteiger partial charge in [-0.3, -0.25) is 4.99 Å². The third-order valence-electron chi connectivity index (χ3n) is 0.569. The molecule has 0 aromatic rings. The Morgan fingerprint density at radius 3 is 2.88 bits per heavy atom. The lowest BCUT2D eigenvalue weighted by atomic mass is 10.5. The van der Waals surface area contributed by atoms with Gasteiger partial charge in [0, 0.05) is 12.8 Å². The van der Waals surface area contributed by atoms with E-state index in [1.165, 1.54) is 0 Å². The number of hydrogen-bond acceptors (Lipinski definition) is 2. The van der Waals surface area contributed by atoms with Crippen LogP contribution in [0.4, 0.5) is 0 Å². The lowest BCUT2D eigenvalue weighted by molar-refractivity contribution is 0.975. The van der Waals surface area contributed by atoms with Gasteiger partial charge in [-0.15, -0.1) is 11.6 Å². The minimum atomic E-state index is 0.0292. The summed E-state index contributed by atoms with van der Waals surface area (Å²) in [6.07, 6.45) is 1.69. The van der Waals surface area contributed by atoms with Gasteiger partial charge < -0.3 is 5.73 Å². The Balaban J connectivity index is 3.07. The summed E-state index contributed by atoms with van der Waals surface area (Å²) >= 11 is 5.52. The Labute approximate surface area is 54.7 Å². The molecule has 0 aromatic heterocycles. The van der Waals surface area contributed by atoms with Gasteiger partial charge in [-0.05, 0) is 6.92 Å². The van der Waals surface area contributed by atoms with Gasteiger partial charge >= 0.3 is 0 Å². The van der Waals surface area contributed by atoms with E-state index in [4.69, 9.17) is 17.3 Å². The Bertz CT molecular complexity index is 70.8. The first-order valence-corrected chi connectivity index (χ1v) is 3.05. The number of alkyl halides is 1. The van der Waals surface area contributed by atoms with Crippen molar-refractivity contribution in [2.75, 3.05) is 13.1 Å². The summed E-state index contributed by atoms with van der Waals surface area (Å²) in [5, 5.41) is 0.0292. The SMILES string of the molecule is CC(Cl)C=NCCN. The van der Waals surface area contributed by atoms with Crippen LogP contribution in [0.1, 0.15) is 6.92 Å². The van der Waals surface area contributed by atoms with Gasteiger partial charge in [0.25, 0.3) is 0 Å². The highest BCUT2D eigenvalue weighted by Gasteiger charge is 1.84. The monoisotopic (exact) mass is 134 g/mol. The van der Waals surface area contributed by atoms with Crippen LogP contribution in [0.25, 0.3) is 0 Å². The van der Waals surface area contributed by atoms with Crippen LogP contribution >= 0.6 is 11.6 Å². The predicted octanol–water partition coefficient (Wildman–Crippen LogP) is 0.643. The summed E-state index contributed by atoms with van der Waals surface area (Å²) in [6, 6.07) is 0. The van der Waals surface area contributed by atoms with Crippen molar-refractivity contribution in [2.45, 2.75) is 12.3 Å². The van der Waals surface area contributed by atoms with Crippen molar-refractivity contribution in [1.82, 2.24) is 0 Å². The number of nitrogens with two attached hydrogens (primary N) is 1. The van der Waals surface area contributed by atoms with Crippen LogP contribution in [-0.2, 0) is 0 Å². The van der Waals surface area contributed by atoms with E-state index in [0.29, 0.717) is 13.1 Å². The fourth-order valence-corrected chi connectivity index (χ4v) is 0.374. The molecule has 0 aromatic carbocycles. The van der Waals surface area contributed by atoms with E-state index in [1.54, 1.807) is 6.21 Å². The second kappa shape index (κ2) is 5.06. The summed E-state index contributed by atoms with van der Waals surface area (Å²) in [5.41, 5.74) is 5.16. The summed E-state index contributed by atoms with van der Waals surface area (Å²) in [5.74, 6) is 0. The molecule has 8 heavy (non-hydrogen) atoms. The average molecular weight is 135 g/mol. The maximum absolute atomic E-state index is 5.52. The highest BCUT2D eigenvalue weighted by molar-refractivity contribution is 6.27. The molecule has 3 heteroatoms. The smallest absolute Gasteiger partial charge is 0.0655 e.